The lowest BCUT2D eigenvalue weighted by molar-refractivity contribution is -0.406. The molecule has 1 rings (SSSR count). The molecule has 0 spiro atoms. The summed E-state index contributed by atoms with van der Waals surface area (Å²) >= 11 is 0. The molecule has 0 radical (unpaired) electrons. The molecule has 0 atom stereocenters. The average Bonchev–Trinajstić information content (AvgIpc) is 2.29. The van der Waals surface area contributed by atoms with E-state index in [9.17, 15) is 26.3 Å². The van der Waals surface area contributed by atoms with Gasteiger partial charge >= 0.3 is 18.0 Å². The molecule has 0 saturated heterocycles. The summed E-state index contributed by atoms with van der Waals surface area (Å²) in [7, 11) is 0. The first-order valence-corrected chi connectivity index (χ1v) is 5.94. The average molecular weight is 298 g/mol. The van der Waals surface area contributed by atoms with Crippen molar-refractivity contribution in [2.24, 2.45) is 5.92 Å². The molecule has 0 aromatic rings. The predicted molar refractivity (Wildman–Crippen MR) is 55.5 cm³/mol. The number of halogens is 7. The van der Waals surface area contributed by atoms with Crippen LogP contribution in [0.3, 0.4) is 0 Å². The predicted octanol–water partition coefficient (Wildman–Crippen LogP) is 4.62. The van der Waals surface area contributed by atoms with Crippen LogP contribution in [0.4, 0.5) is 31.0 Å². The van der Waals surface area contributed by atoms with Gasteiger partial charge in [-0.3, -0.25) is 4.70 Å². The third-order valence-electron chi connectivity index (χ3n) is 3.23. The van der Waals surface area contributed by atoms with Crippen LogP contribution in [-0.2, 0) is 4.74 Å². The molecule has 0 aliphatic heterocycles. The SMILES string of the molecule is CCOC(F)(F)C(F)(F)C(F)(F)C1CCCCC1.F. The van der Waals surface area contributed by atoms with Crippen molar-refractivity contribution in [2.75, 3.05) is 6.61 Å². The first-order valence-electron chi connectivity index (χ1n) is 5.94. The molecule has 19 heavy (non-hydrogen) atoms. The molecule has 0 N–H and O–H groups in total. The largest absolute Gasteiger partial charge is 0.425 e. The van der Waals surface area contributed by atoms with E-state index in [0.29, 0.717) is 19.3 Å². The number of alkyl halides is 6. The maximum Gasteiger partial charge on any atom is 0.425 e. The Balaban J connectivity index is 0.00000324. The van der Waals surface area contributed by atoms with Gasteiger partial charge in [-0.1, -0.05) is 19.3 Å². The summed E-state index contributed by atoms with van der Waals surface area (Å²) in [5.41, 5.74) is 0. The molecule has 8 heteroatoms. The third-order valence-corrected chi connectivity index (χ3v) is 3.23. The van der Waals surface area contributed by atoms with E-state index in [1.54, 1.807) is 0 Å². The zero-order chi connectivity index (χ0) is 14.0. The highest BCUT2D eigenvalue weighted by Gasteiger charge is 2.74. The fourth-order valence-corrected chi connectivity index (χ4v) is 2.19. The zero-order valence-corrected chi connectivity index (χ0v) is 10.4. The van der Waals surface area contributed by atoms with E-state index < -0.39 is 30.5 Å². The number of ether oxygens (including phenoxy) is 1. The highest BCUT2D eigenvalue weighted by Crippen LogP contribution is 2.52. The maximum atomic E-state index is 13.6. The Bertz CT molecular complexity index is 274. The second-order valence-corrected chi connectivity index (χ2v) is 4.48. The monoisotopic (exact) mass is 298 g/mol. The quantitative estimate of drug-likeness (QED) is 0.673. The minimum Gasteiger partial charge on any atom is -0.316 e. The normalized spacial score (nSPS) is 19.1. The van der Waals surface area contributed by atoms with Crippen molar-refractivity contribution in [3.8, 4) is 0 Å². The van der Waals surface area contributed by atoms with Crippen LogP contribution in [-0.4, -0.2) is 24.6 Å². The van der Waals surface area contributed by atoms with Crippen molar-refractivity contribution in [3.05, 3.63) is 0 Å². The van der Waals surface area contributed by atoms with Crippen LogP contribution in [0.15, 0.2) is 0 Å². The van der Waals surface area contributed by atoms with Crippen molar-refractivity contribution in [1.82, 2.24) is 0 Å². The van der Waals surface area contributed by atoms with Gasteiger partial charge in [0.2, 0.25) is 0 Å². The molecule has 0 bridgehead atoms. The number of hydrogen-bond acceptors (Lipinski definition) is 1. The van der Waals surface area contributed by atoms with Crippen LogP contribution in [0.5, 0.6) is 0 Å². The molecule has 1 fully saturated rings. The molecular formula is C11H17F7O. The van der Waals surface area contributed by atoms with Crippen molar-refractivity contribution in [1.29, 1.82) is 0 Å². The van der Waals surface area contributed by atoms with Crippen molar-refractivity contribution in [2.45, 2.75) is 57.0 Å². The smallest absolute Gasteiger partial charge is 0.316 e. The van der Waals surface area contributed by atoms with E-state index in [1.165, 1.54) is 0 Å². The van der Waals surface area contributed by atoms with Crippen LogP contribution >= 0.6 is 0 Å². The maximum absolute atomic E-state index is 13.6. The van der Waals surface area contributed by atoms with Crippen molar-refractivity contribution in [3.63, 3.8) is 0 Å². The number of hydrogen-bond donors (Lipinski definition) is 0. The van der Waals surface area contributed by atoms with Crippen LogP contribution < -0.4 is 0 Å². The van der Waals surface area contributed by atoms with Crippen LogP contribution in [0.1, 0.15) is 39.0 Å². The first kappa shape index (κ1) is 18.5. The van der Waals surface area contributed by atoms with Gasteiger partial charge in [0.1, 0.15) is 0 Å². The second-order valence-electron chi connectivity index (χ2n) is 4.48. The lowest BCUT2D eigenvalue weighted by atomic mass is 9.82. The lowest BCUT2D eigenvalue weighted by Gasteiger charge is -2.37. The minimum atomic E-state index is -5.49. The highest BCUT2D eigenvalue weighted by molar-refractivity contribution is 4.96. The van der Waals surface area contributed by atoms with Gasteiger partial charge < -0.3 is 4.74 Å². The van der Waals surface area contributed by atoms with Gasteiger partial charge in [0.25, 0.3) is 0 Å². The van der Waals surface area contributed by atoms with Gasteiger partial charge in [-0.15, -0.1) is 0 Å². The van der Waals surface area contributed by atoms with Gasteiger partial charge in [0.05, 0.1) is 6.61 Å². The third kappa shape index (κ3) is 3.32. The topological polar surface area (TPSA) is 9.23 Å². The lowest BCUT2D eigenvalue weighted by Crippen LogP contribution is -2.58. The molecular weight excluding hydrogens is 281 g/mol. The van der Waals surface area contributed by atoms with Gasteiger partial charge in [0, 0.05) is 5.92 Å². The van der Waals surface area contributed by atoms with E-state index in [0.717, 1.165) is 6.92 Å². The van der Waals surface area contributed by atoms with Crippen LogP contribution in [0.2, 0.25) is 0 Å². The molecule has 1 aliphatic rings. The molecule has 116 valence electrons. The Hall–Kier alpha value is -0.530. The summed E-state index contributed by atoms with van der Waals surface area (Å²) in [6, 6.07) is 0. The molecule has 1 aliphatic carbocycles. The molecule has 1 nitrogen and oxygen atoms in total. The van der Waals surface area contributed by atoms with Crippen LogP contribution in [0.25, 0.3) is 0 Å². The molecule has 0 amide bonds. The van der Waals surface area contributed by atoms with Crippen molar-refractivity contribution < 1.29 is 35.8 Å². The van der Waals surface area contributed by atoms with Gasteiger partial charge in [-0.2, -0.15) is 26.3 Å². The Labute approximate surface area is 106 Å². The van der Waals surface area contributed by atoms with Crippen LogP contribution in [0, 0.1) is 5.92 Å². The van der Waals surface area contributed by atoms with Crippen molar-refractivity contribution >= 4 is 0 Å². The second kappa shape index (κ2) is 6.28. The Morgan fingerprint density at radius 2 is 1.42 bits per heavy atom. The fourth-order valence-electron chi connectivity index (χ4n) is 2.19. The summed E-state index contributed by atoms with van der Waals surface area (Å²) in [4.78, 5) is 0. The molecule has 0 unspecified atom stereocenters. The number of rotatable bonds is 5. The minimum absolute atomic E-state index is 0. The fraction of sp³-hybridized carbons (Fsp3) is 1.00. The summed E-state index contributed by atoms with van der Waals surface area (Å²) in [6.07, 6.45) is -4.09. The van der Waals surface area contributed by atoms with Gasteiger partial charge in [-0.05, 0) is 19.8 Å². The zero-order valence-electron chi connectivity index (χ0n) is 10.4. The standard InChI is InChI=1S/C11H16F6O.FH/c1-2-18-11(16,17)10(14,15)9(12,13)8-6-4-3-5-7-8;/h8H,2-7H2,1H3;1H. The molecule has 0 heterocycles. The summed E-state index contributed by atoms with van der Waals surface area (Å²) in [6.45, 7) is 0.284. The Kier molecular flexibility index (Phi) is 6.10. The first-order chi connectivity index (χ1) is 8.17. The van der Waals surface area contributed by atoms with Gasteiger partial charge in [0.15, 0.2) is 0 Å². The summed E-state index contributed by atoms with van der Waals surface area (Å²) in [5.74, 6) is -12.0. The molecule has 0 aromatic carbocycles. The summed E-state index contributed by atoms with van der Waals surface area (Å²) in [5, 5.41) is 0. The van der Waals surface area contributed by atoms with E-state index in [4.69, 9.17) is 0 Å². The summed E-state index contributed by atoms with van der Waals surface area (Å²) < 4.78 is 83.4. The Morgan fingerprint density at radius 1 is 0.947 bits per heavy atom. The molecule has 0 aromatic heterocycles. The van der Waals surface area contributed by atoms with E-state index in [1.807, 2.05) is 0 Å². The van der Waals surface area contributed by atoms with E-state index in [-0.39, 0.29) is 17.5 Å². The highest BCUT2D eigenvalue weighted by atomic mass is 19.3. The van der Waals surface area contributed by atoms with Gasteiger partial charge in [-0.25, -0.2) is 0 Å². The van der Waals surface area contributed by atoms with E-state index >= 15 is 0 Å². The Morgan fingerprint density at radius 3 is 1.84 bits per heavy atom. The molecule has 1 saturated carbocycles. The van der Waals surface area contributed by atoms with E-state index in [2.05, 4.69) is 4.74 Å².